The number of rotatable bonds is 1. The molecule has 2 heterocycles. The Morgan fingerprint density at radius 2 is 2.09 bits per heavy atom. The molecule has 1 aromatic heterocycles. The second kappa shape index (κ2) is 5.50. The molecular weight excluding hydrogens is 395 g/mol. The van der Waals surface area contributed by atoms with Crippen LogP contribution in [0.25, 0.3) is 0 Å². The van der Waals surface area contributed by atoms with Crippen LogP contribution in [0.15, 0.2) is 51.0 Å². The van der Waals surface area contributed by atoms with E-state index in [0.717, 1.165) is 9.13 Å². The number of hydrogen-bond acceptors (Lipinski definition) is 5. The molecule has 22 heavy (non-hydrogen) atoms. The summed E-state index contributed by atoms with van der Waals surface area (Å²) in [5.41, 5.74) is 6.71. The van der Waals surface area contributed by atoms with Crippen LogP contribution in [0.2, 0.25) is 0 Å². The maximum atomic E-state index is 12.3. The van der Waals surface area contributed by atoms with E-state index in [1.54, 1.807) is 13.0 Å². The van der Waals surface area contributed by atoms with Crippen LogP contribution in [-0.2, 0) is 0 Å². The highest BCUT2D eigenvalue weighted by Gasteiger charge is 2.35. The largest absolute Gasteiger partial charge is 0.440 e. The van der Waals surface area contributed by atoms with Crippen LogP contribution in [0.1, 0.15) is 22.8 Å². The summed E-state index contributed by atoms with van der Waals surface area (Å²) in [6.45, 7) is 1.66. The Labute approximate surface area is 140 Å². The molecule has 0 radical (unpaired) electrons. The van der Waals surface area contributed by atoms with Crippen molar-refractivity contribution in [1.82, 2.24) is 0 Å². The van der Waals surface area contributed by atoms with E-state index in [1.165, 1.54) is 0 Å². The molecule has 3 rings (SSSR count). The van der Waals surface area contributed by atoms with Crippen molar-refractivity contribution in [2.45, 2.75) is 12.8 Å². The van der Waals surface area contributed by atoms with Gasteiger partial charge in [0.15, 0.2) is 0 Å². The van der Waals surface area contributed by atoms with Gasteiger partial charge in [-0.15, -0.1) is 0 Å². The third kappa shape index (κ3) is 2.27. The highest BCUT2D eigenvalue weighted by atomic mass is 127. The van der Waals surface area contributed by atoms with Crippen molar-refractivity contribution in [3.63, 3.8) is 0 Å². The zero-order valence-corrected chi connectivity index (χ0v) is 13.7. The van der Waals surface area contributed by atoms with Gasteiger partial charge in [0.2, 0.25) is 5.88 Å². The van der Waals surface area contributed by atoms with Crippen molar-refractivity contribution in [2.24, 2.45) is 5.73 Å². The summed E-state index contributed by atoms with van der Waals surface area (Å²) in [7, 11) is 0. The predicted molar refractivity (Wildman–Crippen MR) is 88.2 cm³/mol. The number of nitriles is 1. The first-order chi connectivity index (χ1) is 10.5. The number of hydrogen-bond donors (Lipinski definition) is 1. The molecule has 110 valence electrons. The molecule has 1 aromatic carbocycles. The maximum absolute atomic E-state index is 12.3. The van der Waals surface area contributed by atoms with Crippen LogP contribution in [0.5, 0.6) is 5.75 Å². The van der Waals surface area contributed by atoms with Gasteiger partial charge in [-0.3, -0.25) is 0 Å². The highest BCUT2D eigenvalue weighted by Crippen LogP contribution is 2.41. The third-order valence-corrected chi connectivity index (χ3v) is 4.46. The fourth-order valence-corrected chi connectivity index (χ4v) is 3.24. The van der Waals surface area contributed by atoms with Gasteiger partial charge in [-0.1, -0.05) is 18.2 Å². The van der Waals surface area contributed by atoms with Gasteiger partial charge >= 0.3 is 5.63 Å². The van der Waals surface area contributed by atoms with E-state index < -0.39 is 11.5 Å². The van der Waals surface area contributed by atoms with Gasteiger partial charge in [-0.05, 0) is 41.1 Å². The molecule has 0 bridgehead atoms. The molecule has 1 aliphatic rings. The molecule has 5 nitrogen and oxygen atoms in total. The lowest BCUT2D eigenvalue weighted by atomic mass is 9.84. The number of benzene rings is 1. The second-order valence-corrected chi connectivity index (χ2v) is 6.03. The number of allylic oxidation sites excluding steroid dienone is 1. The number of halogens is 1. The minimum Gasteiger partial charge on any atom is -0.440 e. The summed E-state index contributed by atoms with van der Waals surface area (Å²) in [5, 5.41) is 9.45. The molecule has 0 saturated carbocycles. The summed E-state index contributed by atoms with van der Waals surface area (Å²) in [5.74, 6) is 0.205. The lowest BCUT2D eigenvalue weighted by Gasteiger charge is -2.25. The van der Waals surface area contributed by atoms with Crippen LogP contribution < -0.4 is 16.1 Å². The Kier molecular flexibility index (Phi) is 3.66. The Bertz CT molecular complexity index is 893. The van der Waals surface area contributed by atoms with Crippen LogP contribution in [0.4, 0.5) is 0 Å². The van der Waals surface area contributed by atoms with Crippen molar-refractivity contribution in [3.8, 4) is 11.8 Å². The molecule has 0 spiro atoms. The van der Waals surface area contributed by atoms with Gasteiger partial charge < -0.3 is 14.9 Å². The van der Waals surface area contributed by atoms with Crippen LogP contribution in [-0.4, -0.2) is 0 Å². The van der Waals surface area contributed by atoms with E-state index in [-0.39, 0.29) is 11.5 Å². The molecule has 1 atom stereocenters. The van der Waals surface area contributed by atoms with E-state index in [9.17, 15) is 10.1 Å². The minimum atomic E-state index is -0.585. The average Bonchev–Trinajstić information content (AvgIpc) is 2.46. The Hall–Kier alpha value is -2.27. The predicted octanol–water partition coefficient (Wildman–Crippen LogP) is 2.77. The number of fused-ring (bicyclic) bond motifs is 1. The number of nitrogens with zero attached hydrogens (tertiary/aromatic N) is 1. The molecule has 1 aliphatic heterocycles. The minimum absolute atomic E-state index is 0.0182. The standard InChI is InChI=1S/C16H11IN2O3/c1-8-6-12-14(16(20)21-8)13(10(7-18)15(19)22-12)9-4-2-3-5-11(9)17/h2-6,13H,19H2,1H3. The molecule has 6 heteroatoms. The maximum Gasteiger partial charge on any atom is 0.343 e. The van der Waals surface area contributed by atoms with E-state index in [2.05, 4.69) is 28.7 Å². The van der Waals surface area contributed by atoms with Gasteiger partial charge in [0.05, 0.1) is 11.5 Å². The SMILES string of the molecule is Cc1cc2c(c(=O)o1)C(c1ccccc1I)C(C#N)=C(N)O2. The van der Waals surface area contributed by atoms with Crippen LogP contribution in [0.3, 0.4) is 0 Å². The summed E-state index contributed by atoms with van der Waals surface area (Å²) in [4.78, 5) is 12.3. The Balaban J connectivity index is 2.35. The first-order valence-electron chi connectivity index (χ1n) is 6.49. The van der Waals surface area contributed by atoms with E-state index >= 15 is 0 Å². The first-order valence-corrected chi connectivity index (χ1v) is 7.57. The summed E-state index contributed by atoms with van der Waals surface area (Å²) in [6.07, 6.45) is 0. The smallest absolute Gasteiger partial charge is 0.343 e. The van der Waals surface area contributed by atoms with Gasteiger partial charge in [-0.2, -0.15) is 5.26 Å². The van der Waals surface area contributed by atoms with Gasteiger partial charge in [0.1, 0.15) is 23.2 Å². The van der Waals surface area contributed by atoms with Crippen molar-refractivity contribution in [2.75, 3.05) is 0 Å². The van der Waals surface area contributed by atoms with Crippen molar-refractivity contribution >= 4 is 22.6 Å². The lowest BCUT2D eigenvalue weighted by molar-refractivity contribution is 0.371. The quantitative estimate of drug-likeness (QED) is 0.736. The fraction of sp³-hybridized carbons (Fsp3) is 0.125. The molecule has 0 fully saturated rings. The molecule has 2 N–H and O–H groups in total. The molecule has 2 aromatic rings. The van der Waals surface area contributed by atoms with Gasteiger partial charge in [-0.25, -0.2) is 4.79 Å². The van der Waals surface area contributed by atoms with Crippen molar-refractivity contribution < 1.29 is 9.15 Å². The second-order valence-electron chi connectivity index (χ2n) is 4.87. The van der Waals surface area contributed by atoms with Crippen molar-refractivity contribution in [1.29, 1.82) is 5.26 Å². The Morgan fingerprint density at radius 1 is 1.36 bits per heavy atom. The average molecular weight is 406 g/mol. The molecule has 0 aliphatic carbocycles. The van der Waals surface area contributed by atoms with E-state index in [4.69, 9.17) is 14.9 Å². The molecule has 0 amide bonds. The topological polar surface area (TPSA) is 89.2 Å². The number of aryl methyl sites for hydroxylation is 1. The number of ether oxygens (including phenoxy) is 1. The lowest BCUT2D eigenvalue weighted by Crippen LogP contribution is -2.26. The molecular formula is C16H11IN2O3. The molecule has 1 unspecified atom stereocenters. The third-order valence-electron chi connectivity index (χ3n) is 3.47. The molecule has 0 saturated heterocycles. The monoisotopic (exact) mass is 406 g/mol. The van der Waals surface area contributed by atoms with Gasteiger partial charge in [0.25, 0.3) is 0 Å². The van der Waals surface area contributed by atoms with E-state index in [1.807, 2.05) is 24.3 Å². The summed E-state index contributed by atoms with van der Waals surface area (Å²) < 4.78 is 11.6. The highest BCUT2D eigenvalue weighted by molar-refractivity contribution is 14.1. The fourth-order valence-electron chi connectivity index (χ4n) is 2.54. The zero-order valence-electron chi connectivity index (χ0n) is 11.6. The number of nitrogens with two attached hydrogens (primary N) is 1. The van der Waals surface area contributed by atoms with Crippen LogP contribution >= 0.6 is 22.6 Å². The zero-order chi connectivity index (χ0) is 15.9. The summed E-state index contributed by atoms with van der Waals surface area (Å²) >= 11 is 2.17. The van der Waals surface area contributed by atoms with Crippen LogP contribution in [0, 0.1) is 21.8 Å². The van der Waals surface area contributed by atoms with E-state index in [0.29, 0.717) is 17.1 Å². The summed E-state index contributed by atoms with van der Waals surface area (Å²) in [6, 6.07) is 11.2. The normalized spacial score (nSPS) is 16.7. The Morgan fingerprint density at radius 3 is 2.77 bits per heavy atom. The van der Waals surface area contributed by atoms with Gasteiger partial charge in [0, 0.05) is 9.64 Å². The van der Waals surface area contributed by atoms with Crippen molar-refractivity contribution in [3.05, 3.63) is 72.7 Å². The first kappa shape index (κ1) is 14.7.